The molecule has 0 radical (unpaired) electrons. The lowest BCUT2D eigenvalue weighted by molar-refractivity contribution is 0.102. The number of aromatic nitrogens is 2. The molecule has 2 aromatic heterocycles. The third-order valence-electron chi connectivity index (χ3n) is 4.11. The van der Waals surface area contributed by atoms with Crippen LogP contribution in [0.15, 0.2) is 67.0 Å². The smallest absolute Gasteiger partial charge is 0.255 e. The summed E-state index contributed by atoms with van der Waals surface area (Å²) >= 11 is 12.1. The summed E-state index contributed by atoms with van der Waals surface area (Å²) in [7, 11) is 0. The van der Waals surface area contributed by atoms with E-state index in [1.54, 1.807) is 65.4 Å². The number of nitrogens with zero attached hydrogens (tertiary/aromatic N) is 2. The van der Waals surface area contributed by atoms with Gasteiger partial charge >= 0.3 is 0 Å². The summed E-state index contributed by atoms with van der Waals surface area (Å²) in [4.78, 5) is 12.6. The number of nitrogens with one attached hydrogen (secondary N) is 1. The van der Waals surface area contributed by atoms with E-state index in [4.69, 9.17) is 23.2 Å². The lowest BCUT2D eigenvalue weighted by atomic mass is 10.1. The molecule has 4 rings (SSSR count). The van der Waals surface area contributed by atoms with Crippen molar-refractivity contribution in [1.82, 2.24) is 9.61 Å². The molecule has 134 valence electrons. The predicted octanol–water partition coefficient (Wildman–Crippen LogP) is 5.70. The van der Waals surface area contributed by atoms with Gasteiger partial charge in [-0.1, -0.05) is 41.4 Å². The molecule has 0 saturated carbocycles. The molecule has 0 atom stereocenters. The zero-order valence-corrected chi connectivity index (χ0v) is 15.3. The van der Waals surface area contributed by atoms with Gasteiger partial charge in [0.05, 0.1) is 16.7 Å². The molecule has 0 aliphatic rings. The minimum absolute atomic E-state index is 0.0150. The SMILES string of the molecule is O=C(Nc1cccc(Cl)c1)c1ccn2ncc(-c3cccc(F)c3Cl)c2c1. The van der Waals surface area contributed by atoms with Crippen LogP contribution in [0.25, 0.3) is 16.6 Å². The zero-order valence-electron chi connectivity index (χ0n) is 13.8. The molecule has 4 aromatic rings. The quantitative estimate of drug-likeness (QED) is 0.480. The molecule has 7 heteroatoms. The van der Waals surface area contributed by atoms with Crippen molar-refractivity contribution < 1.29 is 9.18 Å². The fraction of sp³-hybridized carbons (Fsp3) is 0. The van der Waals surface area contributed by atoms with Gasteiger partial charge in [-0.25, -0.2) is 8.91 Å². The van der Waals surface area contributed by atoms with Gasteiger partial charge in [0.2, 0.25) is 0 Å². The molecule has 0 bridgehead atoms. The molecule has 2 aromatic carbocycles. The maximum Gasteiger partial charge on any atom is 0.255 e. The van der Waals surface area contributed by atoms with Crippen LogP contribution in [-0.4, -0.2) is 15.5 Å². The maximum atomic E-state index is 13.8. The van der Waals surface area contributed by atoms with E-state index >= 15 is 0 Å². The van der Waals surface area contributed by atoms with Crippen LogP contribution < -0.4 is 5.32 Å². The van der Waals surface area contributed by atoms with E-state index in [0.29, 0.717) is 32.9 Å². The Bertz CT molecular complexity index is 1170. The van der Waals surface area contributed by atoms with E-state index in [2.05, 4.69) is 10.4 Å². The first kappa shape index (κ1) is 17.5. The van der Waals surface area contributed by atoms with Gasteiger partial charge in [-0.15, -0.1) is 0 Å². The summed E-state index contributed by atoms with van der Waals surface area (Å²) in [5.41, 5.74) is 2.81. The number of fused-ring (bicyclic) bond motifs is 1. The van der Waals surface area contributed by atoms with Gasteiger partial charge < -0.3 is 5.32 Å². The lowest BCUT2D eigenvalue weighted by Crippen LogP contribution is -2.12. The van der Waals surface area contributed by atoms with Crippen LogP contribution >= 0.6 is 23.2 Å². The maximum absolute atomic E-state index is 13.8. The lowest BCUT2D eigenvalue weighted by Gasteiger charge is -2.07. The second-order valence-electron chi connectivity index (χ2n) is 5.87. The monoisotopic (exact) mass is 399 g/mol. The van der Waals surface area contributed by atoms with Gasteiger partial charge in [0.15, 0.2) is 0 Å². The first-order chi connectivity index (χ1) is 13.0. The number of hydrogen-bond donors (Lipinski definition) is 1. The van der Waals surface area contributed by atoms with Gasteiger partial charge in [-0.05, 0) is 36.4 Å². The topological polar surface area (TPSA) is 46.4 Å². The van der Waals surface area contributed by atoms with Crippen LogP contribution in [0.4, 0.5) is 10.1 Å². The number of pyridine rings is 1. The number of hydrogen-bond acceptors (Lipinski definition) is 2. The zero-order chi connectivity index (χ0) is 19.0. The summed E-state index contributed by atoms with van der Waals surface area (Å²) < 4.78 is 15.4. The minimum Gasteiger partial charge on any atom is -0.322 e. The summed E-state index contributed by atoms with van der Waals surface area (Å²) in [5, 5.41) is 7.59. The summed E-state index contributed by atoms with van der Waals surface area (Å²) in [6, 6.07) is 14.8. The van der Waals surface area contributed by atoms with Crippen molar-refractivity contribution in [1.29, 1.82) is 0 Å². The van der Waals surface area contributed by atoms with Crippen molar-refractivity contribution >= 4 is 40.3 Å². The normalized spacial score (nSPS) is 10.9. The number of halogens is 3. The Balaban J connectivity index is 1.73. The summed E-state index contributed by atoms with van der Waals surface area (Å²) in [6.45, 7) is 0. The van der Waals surface area contributed by atoms with Crippen LogP contribution in [0.3, 0.4) is 0 Å². The first-order valence-electron chi connectivity index (χ1n) is 8.01. The van der Waals surface area contributed by atoms with E-state index in [9.17, 15) is 9.18 Å². The molecule has 0 aliphatic heterocycles. The molecular weight excluding hydrogens is 388 g/mol. The molecule has 0 fully saturated rings. The molecule has 2 heterocycles. The fourth-order valence-electron chi connectivity index (χ4n) is 2.81. The van der Waals surface area contributed by atoms with Crippen molar-refractivity contribution in [3.8, 4) is 11.1 Å². The summed E-state index contributed by atoms with van der Waals surface area (Å²) in [5.74, 6) is -0.805. The average molecular weight is 400 g/mol. The Morgan fingerprint density at radius 3 is 2.67 bits per heavy atom. The Kier molecular flexibility index (Phi) is 4.56. The molecule has 1 N–H and O–H groups in total. The standard InChI is InChI=1S/C20H12Cl2FN3O/c21-13-3-1-4-14(10-13)25-20(27)12-7-8-26-18(9-12)16(11-24-26)15-5-2-6-17(23)19(15)22/h1-11H,(H,25,27). The Morgan fingerprint density at radius 2 is 1.85 bits per heavy atom. The van der Waals surface area contributed by atoms with Gasteiger partial charge in [-0.3, -0.25) is 4.79 Å². The highest BCUT2D eigenvalue weighted by molar-refractivity contribution is 6.33. The van der Waals surface area contributed by atoms with Crippen molar-refractivity contribution in [2.75, 3.05) is 5.32 Å². The van der Waals surface area contributed by atoms with Crippen LogP contribution in [0.5, 0.6) is 0 Å². The molecule has 4 nitrogen and oxygen atoms in total. The van der Waals surface area contributed by atoms with Crippen LogP contribution in [0.1, 0.15) is 10.4 Å². The molecule has 1 amide bonds. The average Bonchev–Trinajstić information content (AvgIpc) is 3.07. The highest BCUT2D eigenvalue weighted by atomic mass is 35.5. The molecule has 0 spiro atoms. The highest BCUT2D eigenvalue weighted by Gasteiger charge is 2.15. The van der Waals surface area contributed by atoms with Crippen LogP contribution in [0.2, 0.25) is 10.0 Å². The second-order valence-corrected chi connectivity index (χ2v) is 6.68. The van der Waals surface area contributed by atoms with E-state index in [1.165, 1.54) is 6.07 Å². The molecular formula is C20H12Cl2FN3O. The number of anilines is 1. The Morgan fingerprint density at radius 1 is 1.04 bits per heavy atom. The molecule has 0 saturated heterocycles. The number of carbonyl (C=O) groups excluding carboxylic acids is 1. The number of carbonyl (C=O) groups is 1. The molecule has 0 unspecified atom stereocenters. The minimum atomic E-state index is -0.511. The van der Waals surface area contributed by atoms with Crippen molar-refractivity contribution in [3.63, 3.8) is 0 Å². The second kappa shape index (κ2) is 7.02. The molecule has 0 aliphatic carbocycles. The van der Waals surface area contributed by atoms with Gasteiger partial charge in [0, 0.05) is 33.6 Å². The van der Waals surface area contributed by atoms with Gasteiger partial charge in [0.1, 0.15) is 5.82 Å². The number of rotatable bonds is 3. The number of amides is 1. The van der Waals surface area contributed by atoms with Crippen molar-refractivity contribution in [3.05, 3.63) is 88.4 Å². The van der Waals surface area contributed by atoms with E-state index in [-0.39, 0.29) is 10.9 Å². The Labute approximate surface area is 164 Å². The van der Waals surface area contributed by atoms with Gasteiger partial charge in [-0.2, -0.15) is 5.10 Å². The predicted molar refractivity (Wildman–Crippen MR) is 105 cm³/mol. The van der Waals surface area contributed by atoms with Gasteiger partial charge in [0.25, 0.3) is 5.91 Å². The largest absolute Gasteiger partial charge is 0.322 e. The van der Waals surface area contributed by atoms with Crippen LogP contribution in [-0.2, 0) is 0 Å². The number of benzene rings is 2. The van der Waals surface area contributed by atoms with E-state index < -0.39 is 5.82 Å². The van der Waals surface area contributed by atoms with Crippen molar-refractivity contribution in [2.45, 2.75) is 0 Å². The third-order valence-corrected chi connectivity index (χ3v) is 4.73. The van der Waals surface area contributed by atoms with E-state index in [0.717, 1.165) is 0 Å². The molecule has 27 heavy (non-hydrogen) atoms. The summed E-state index contributed by atoms with van der Waals surface area (Å²) in [6.07, 6.45) is 3.26. The first-order valence-corrected chi connectivity index (χ1v) is 8.77. The fourth-order valence-corrected chi connectivity index (χ4v) is 3.23. The van der Waals surface area contributed by atoms with Crippen molar-refractivity contribution in [2.24, 2.45) is 0 Å². The van der Waals surface area contributed by atoms with E-state index in [1.807, 2.05) is 0 Å². The Hall–Kier alpha value is -2.89. The third kappa shape index (κ3) is 3.39. The highest BCUT2D eigenvalue weighted by Crippen LogP contribution is 2.33. The van der Waals surface area contributed by atoms with Crippen LogP contribution in [0, 0.1) is 5.82 Å².